The molecule has 6 rings (SSSR count). The Morgan fingerprint density at radius 3 is 1.25 bits per heavy atom. The van der Waals surface area contributed by atoms with Gasteiger partial charge < -0.3 is 0 Å². The van der Waals surface area contributed by atoms with E-state index in [1.54, 1.807) is 42.5 Å². The van der Waals surface area contributed by atoms with E-state index in [9.17, 15) is 0 Å². The van der Waals surface area contributed by atoms with E-state index in [0.29, 0.717) is 16.7 Å². The molecule has 0 aliphatic carbocycles. The van der Waals surface area contributed by atoms with Crippen molar-refractivity contribution in [3.05, 3.63) is 133 Å². The Hall–Kier alpha value is -4.16. The molecule has 0 radical (unpaired) electrons. The van der Waals surface area contributed by atoms with Gasteiger partial charge in [-0.1, -0.05) is 133 Å². The van der Waals surface area contributed by atoms with E-state index in [-0.39, 0.29) is 74.5 Å². The van der Waals surface area contributed by atoms with Crippen LogP contribution in [0, 0.1) is 0 Å². The Morgan fingerprint density at radius 2 is 0.750 bits per heavy atom. The van der Waals surface area contributed by atoms with Crippen LogP contribution in [-0.4, -0.2) is 0 Å². The van der Waals surface area contributed by atoms with Gasteiger partial charge in [-0.05, 0) is 54.9 Å². The average Bonchev–Trinajstić information content (AvgIpc) is 3.05. The summed E-state index contributed by atoms with van der Waals surface area (Å²) in [6.45, 7) is 0. The highest BCUT2D eigenvalue weighted by Crippen LogP contribution is 2.43. The van der Waals surface area contributed by atoms with E-state index < -0.39 is 42.3 Å². The van der Waals surface area contributed by atoms with Gasteiger partial charge in [-0.15, -0.1) is 0 Å². The van der Waals surface area contributed by atoms with Crippen LogP contribution in [0.2, 0.25) is 0 Å². The van der Waals surface area contributed by atoms with Crippen molar-refractivity contribution < 1.29 is 17.8 Å². The van der Waals surface area contributed by atoms with Gasteiger partial charge in [0.2, 0.25) is 0 Å². The number of fused-ring (bicyclic) bond motifs is 2. The summed E-state index contributed by atoms with van der Waals surface area (Å²) in [4.78, 5) is 0. The largest absolute Gasteiger partial charge is 0.0629 e. The van der Waals surface area contributed by atoms with Crippen molar-refractivity contribution in [3.8, 4) is 33.4 Å². The molecule has 0 nitrogen and oxygen atoms in total. The molecule has 0 aromatic heterocycles. The maximum Gasteiger partial charge on any atom is 0.0629 e. The molecule has 0 N–H and O–H groups in total. The third kappa shape index (κ3) is 3.09. The van der Waals surface area contributed by atoms with Gasteiger partial charge in [0.05, 0.1) is 17.8 Å². The molecular weight excluding hydrogens is 384 g/mol. The first-order valence-electron chi connectivity index (χ1n) is 16.5. The summed E-state index contributed by atoms with van der Waals surface area (Å²) in [6.07, 6.45) is 0. The third-order valence-electron chi connectivity index (χ3n) is 5.40. The van der Waals surface area contributed by atoms with Crippen molar-refractivity contribution in [2.75, 3.05) is 0 Å². The Morgan fingerprint density at radius 1 is 0.344 bits per heavy atom. The lowest BCUT2D eigenvalue weighted by Crippen LogP contribution is -1.90. The number of benzene rings is 6. The second-order valence-corrected chi connectivity index (χ2v) is 7.19. The van der Waals surface area contributed by atoms with E-state index in [1.807, 2.05) is 0 Å². The number of rotatable bonds is 3. The highest BCUT2D eigenvalue weighted by Gasteiger charge is 2.16. The topological polar surface area (TPSA) is 0 Å². The average molecular weight is 420 g/mol. The summed E-state index contributed by atoms with van der Waals surface area (Å²) in [5, 5.41) is 0.310. The van der Waals surface area contributed by atoms with Crippen molar-refractivity contribution in [2.45, 2.75) is 0 Å². The fourth-order valence-electron chi connectivity index (χ4n) is 4.01. The summed E-state index contributed by atoms with van der Waals surface area (Å²) in [5.41, 5.74) is 1.53. The Balaban J connectivity index is 1.82. The summed E-state index contributed by atoms with van der Waals surface area (Å²) in [7, 11) is 0. The lowest BCUT2D eigenvalue weighted by Gasteiger charge is -2.18. The second-order valence-electron chi connectivity index (χ2n) is 7.19. The molecule has 0 atom stereocenters. The molecule has 0 unspecified atom stereocenters. The molecule has 0 aliphatic heterocycles. The van der Waals surface area contributed by atoms with Gasteiger partial charge in [-0.25, -0.2) is 0 Å². The quantitative estimate of drug-likeness (QED) is 0.251. The lowest BCUT2D eigenvalue weighted by atomic mass is 9.86. The summed E-state index contributed by atoms with van der Waals surface area (Å²) in [6, 6.07) is 9.00. The molecule has 0 heteroatoms. The summed E-state index contributed by atoms with van der Waals surface area (Å²) >= 11 is 0. The molecule has 0 saturated heterocycles. The summed E-state index contributed by atoms with van der Waals surface area (Å²) < 4.78 is 110. The predicted molar refractivity (Wildman–Crippen MR) is 138 cm³/mol. The highest BCUT2D eigenvalue weighted by molar-refractivity contribution is 6.21. The molecule has 0 fully saturated rings. The van der Waals surface area contributed by atoms with E-state index in [2.05, 4.69) is 0 Å². The van der Waals surface area contributed by atoms with Gasteiger partial charge in [0.1, 0.15) is 0 Å². The van der Waals surface area contributed by atoms with Gasteiger partial charge in [-0.3, -0.25) is 0 Å². The molecule has 0 spiro atoms. The molecular formula is C32H22. The zero-order chi connectivity index (χ0) is 32.6. The van der Waals surface area contributed by atoms with Crippen molar-refractivity contribution >= 4 is 21.5 Å². The van der Waals surface area contributed by atoms with E-state index in [0.717, 1.165) is 0 Å². The Bertz CT molecular complexity index is 2120. The molecule has 0 bridgehead atoms. The fraction of sp³-hybridized carbons (Fsp3) is 0. The second kappa shape index (κ2) is 7.83. The highest BCUT2D eigenvalue weighted by atomic mass is 14.2. The number of hydrogen-bond acceptors (Lipinski definition) is 0. The van der Waals surface area contributed by atoms with Crippen LogP contribution in [-0.2, 0) is 0 Å². The van der Waals surface area contributed by atoms with E-state index >= 15 is 0 Å². The molecule has 0 saturated carbocycles. The van der Waals surface area contributed by atoms with Gasteiger partial charge >= 0.3 is 0 Å². The maximum absolute atomic E-state index is 8.98. The molecule has 0 aliphatic rings. The van der Waals surface area contributed by atoms with Crippen LogP contribution in [0.3, 0.4) is 0 Å². The van der Waals surface area contributed by atoms with Crippen LogP contribution in [0.15, 0.2) is 133 Å². The van der Waals surface area contributed by atoms with Crippen LogP contribution in [0.1, 0.15) is 17.8 Å². The van der Waals surface area contributed by atoms with E-state index in [1.165, 1.54) is 12.1 Å². The molecule has 150 valence electrons. The molecule has 0 amide bonds. The van der Waals surface area contributed by atoms with E-state index in [4.69, 9.17) is 17.8 Å². The van der Waals surface area contributed by atoms with Crippen molar-refractivity contribution in [2.24, 2.45) is 0 Å². The zero-order valence-corrected chi connectivity index (χ0v) is 16.7. The first-order chi connectivity index (χ1) is 21.3. The minimum absolute atomic E-state index is 0.0227. The van der Waals surface area contributed by atoms with Crippen LogP contribution in [0.4, 0.5) is 0 Å². The SMILES string of the molecule is [2H]c1c([2H])c([2H])c(-c2ccc(-c3c4c([2H])c([2H])c([2H])c([2H])c4c(-c4ccccc4)c4c([2H])c([2H])c([2H])c([2H])c34)cc2)c([2H])c1[2H]. The molecule has 6 aromatic carbocycles. The Kier molecular flexibility index (Phi) is 2.34. The van der Waals surface area contributed by atoms with Gasteiger partial charge in [0.15, 0.2) is 0 Å². The van der Waals surface area contributed by atoms with Crippen molar-refractivity contribution in [1.29, 1.82) is 0 Å². The Labute approximate surface area is 206 Å². The number of hydrogen-bond donors (Lipinski definition) is 0. The fourth-order valence-corrected chi connectivity index (χ4v) is 4.01. The maximum atomic E-state index is 8.98. The molecule has 32 heavy (non-hydrogen) atoms. The summed E-state index contributed by atoms with van der Waals surface area (Å²) in [5.74, 6) is 0. The van der Waals surface area contributed by atoms with Gasteiger partial charge in [0.25, 0.3) is 0 Å². The normalized spacial score (nSPS) is 16.8. The zero-order valence-electron chi connectivity index (χ0n) is 29.7. The van der Waals surface area contributed by atoms with Gasteiger partial charge in [0, 0.05) is 0 Å². The van der Waals surface area contributed by atoms with Crippen molar-refractivity contribution in [3.63, 3.8) is 0 Å². The van der Waals surface area contributed by atoms with Crippen molar-refractivity contribution in [1.82, 2.24) is 0 Å². The molecule has 6 aromatic rings. The molecule has 0 heterocycles. The van der Waals surface area contributed by atoms with Gasteiger partial charge in [-0.2, -0.15) is 0 Å². The monoisotopic (exact) mass is 419 g/mol. The minimum atomic E-state index is -0.523. The van der Waals surface area contributed by atoms with Crippen LogP contribution >= 0.6 is 0 Å². The first kappa shape index (κ1) is 9.54. The lowest BCUT2D eigenvalue weighted by molar-refractivity contribution is 1.61. The standard InChI is InChI=1S/C32H22/c1-3-11-23(12-4-1)24-19-21-26(22-20-24)32-29-17-9-7-15-27(29)31(25-13-5-2-6-14-25)28-16-8-10-18-30(28)32/h1-22H/i1D,3D,4D,7D,8D,9D,10D,11D,12D,15D,16D,17D,18D. The minimum Gasteiger partial charge on any atom is -0.0622 e. The van der Waals surface area contributed by atoms with Crippen LogP contribution < -0.4 is 0 Å². The van der Waals surface area contributed by atoms with Crippen LogP contribution in [0.25, 0.3) is 54.9 Å². The predicted octanol–water partition coefficient (Wildman–Crippen LogP) is 8.99. The van der Waals surface area contributed by atoms with Crippen LogP contribution in [0.5, 0.6) is 0 Å². The first-order valence-corrected chi connectivity index (χ1v) is 9.98. The third-order valence-corrected chi connectivity index (χ3v) is 5.40. The smallest absolute Gasteiger partial charge is 0.0622 e.